The van der Waals surface area contributed by atoms with Gasteiger partial charge in [0.15, 0.2) is 5.16 Å². The van der Waals surface area contributed by atoms with Crippen molar-refractivity contribution in [3.63, 3.8) is 0 Å². The second-order valence-electron chi connectivity index (χ2n) is 6.30. The molecule has 0 radical (unpaired) electrons. The number of thioether (sulfide) groups is 1. The van der Waals surface area contributed by atoms with E-state index in [1.807, 2.05) is 72.3 Å². The summed E-state index contributed by atoms with van der Waals surface area (Å²) in [6.45, 7) is 3.37. The van der Waals surface area contributed by atoms with Crippen LogP contribution in [-0.2, 0) is 4.79 Å². The monoisotopic (exact) mass is 394 g/mol. The van der Waals surface area contributed by atoms with Gasteiger partial charge in [0, 0.05) is 18.3 Å². The second kappa shape index (κ2) is 8.75. The van der Waals surface area contributed by atoms with Crippen molar-refractivity contribution in [3.8, 4) is 5.69 Å². The minimum absolute atomic E-state index is 0.134. The van der Waals surface area contributed by atoms with Crippen LogP contribution >= 0.6 is 11.8 Å². The van der Waals surface area contributed by atoms with Gasteiger partial charge in [0.25, 0.3) is 5.91 Å². The topological polar surface area (TPSA) is 76.0 Å². The molecule has 1 atom stereocenters. The normalized spacial score (nSPS) is 11.7. The lowest BCUT2D eigenvalue weighted by atomic mass is 10.1. The van der Waals surface area contributed by atoms with Crippen LogP contribution in [0.3, 0.4) is 0 Å². The van der Waals surface area contributed by atoms with Crippen molar-refractivity contribution in [2.45, 2.75) is 25.0 Å². The lowest BCUT2D eigenvalue weighted by Gasteiger charge is -2.17. The summed E-state index contributed by atoms with van der Waals surface area (Å²) in [5.41, 5.74) is 2.95. The highest BCUT2D eigenvalue weighted by atomic mass is 32.2. The fourth-order valence-corrected chi connectivity index (χ4v) is 3.45. The number of hydrogen-bond donors (Lipinski definition) is 2. The van der Waals surface area contributed by atoms with Crippen LogP contribution in [0.15, 0.2) is 66.0 Å². The molecule has 1 aromatic heterocycles. The van der Waals surface area contributed by atoms with Crippen molar-refractivity contribution in [2.24, 2.45) is 0 Å². The Kier molecular flexibility index (Phi) is 6.16. The van der Waals surface area contributed by atoms with Crippen LogP contribution in [-0.4, -0.2) is 27.6 Å². The van der Waals surface area contributed by atoms with E-state index in [0.717, 1.165) is 16.4 Å². The van der Waals surface area contributed by atoms with E-state index in [0.29, 0.717) is 11.4 Å². The third-order valence-electron chi connectivity index (χ3n) is 4.21. The average molecular weight is 395 g/mol. The zero-order chi connectivity index (χ0) is 20.1. The van der Waals surface area contributed by atoms with Crippen LogP contribution in [0.1, 0.15) is 35.9 Å². The summed E-state index contributed by atoms with van der Waals surface area (Å²) in [5.74, 6) is -0.348. The lowest BCUT2D eigenvalue weighted by molar-refractivity contribution is -0.114. The van der Waals surface area contributed by atoms with Crippen LogP contribution in [0.25, 0.3) is 5.69 Å². The van der Waals surface area contributed by atoms with Gasteiger partial charge in [-0.3, -0.25) is 14.2 Å². The van der Waals surface area contributed by atoms with Crippen LogP contribution in [0.2, 0.25) is 0 Å². The van der Waals surface area contributed by atoms with Crippen molar-refractivity contribution < 1.29 is 9.59 Å². The molecule has 2 aromatic carbocycles. The maximum absolute atomic E-state index is 13.0. The summed E-state index contributed by atoms with van der Waals surface area (Å²) in [6, 6.07) is 16.9. The van der Waals surface area contributed by atoms with Crippen molar-refractivity contribution in [3.05, 3.63) is 72.1 Å². The van der Waals surface area contributed by atoms with E-state index in [1.165, 1.54) is 18.7 Å². The van der Waals surface area contributed by atoms with Gasteiger partial charge in [0.1, 0.15) is 5.69 Å². The molecule has 28 heavy (non-hydrogen) atoms. The molecule has 1 unspecified atom stereocenters. The molecule has 6 nitrogen and oxygen atoms in total. The minimum Gasteiger partial charge on any atom is -0.344 e. The van der Waals surface area contributed by atoms with Gasteiger partial charge in [0.2, 0.25) is 5.91 Å². The highest BCUT2D eigenvalue weighted by Gasteiger charge is 2.19. The molecule has 144 valence electrons. The highest BCUT2D eigenvalue weighted by molar-refractivity contribution is 7.98. The third-order valence-corrected chi connectivity index (χ3v) is 4.87. The first-order valence-electron chi connectivity index (χ1n) is 8.85. The number of para-hydroxylation sites is 1. The maximum Gasteiger partial charge on any atom is 0.270 e. The van der Waals surface area contributed by atoms with Gasteiger partial charge in [-0.15, -0.1) is 0 Å². The summed E-state index contributed by atoms with van der Waals surface area (Å²) in [4.78, 5) is 28.6. The molecule has 0 fully saturated rings. The van der Waals surface area contributed by atoms with E-state index in [4.69, 9.17) is 0 Å². The van der Waals surface area contributed by atoms with Crippen LogP contribution in [0.4, 0.5) is 5.69 Å². The molecular weight excluding hydrogens is 372 g/mol. The molecule has 0 aliphatic heterocycles. The van der Waals surface area contributed by atoms with E-state index < -0.39 is 0 Å². The quantitative estimate of drug-likeness (QED) is 0.619. The van der Waals surface area contributed by atoms with E-state index in [9.17, 15) is 9.59 Å². The Morgan fingerprint density at radius 3 is 2.54 bits per heavy atom. The maximum atomic E-state index is 13.0. The first kappa shape index (κ1) is 19.7. The SMILES string of the molecule is CSc1ncc(C(=O)NC(C)c2cccc(NC(C)=O)c2)n1-c1ccccc1. The van der Waals surface area contributed by atoms with Gasteiger partial charge in [-0.1, -0.05) is 42.1 Å². The molecule has 3 rings (SSSR count). The summed E-state index contributed by atoms with van der Waals surface area (Å²) in [6.07, 6.45) is 3.52. The Morgan fingerprint density at radius 1 is 1.11 bits per heavy atom. The number of nitrogens with one attached hydrogen (secondary N) is 2. The molecule has 0 saturated heterocycles. The molecule has 0 bridgehead atoms. The molecule has 2 amide bonds. The number of imidazole rings is 1. The van der Waals surface area contributed by atoms with Crippen molar-refractivity contribution >= 4 is 29.3 Å². The van der Waals surface area contributed by atoms with Crippen molar-refractivity contribution in [2.75, 3.05) is 11.6 Å². The molecular formula is C21H22N4O2S. The van der Waals surface area contributed by atoms with E-state index in [2.05, 4.69) is 15.6 Å². The molecule has 1 heterocycles. The average Bonchev–Trinajstić information content (AvgIpc) is 3.12. The van der Waals surface area contributed by atoms with E-state index in [-0.39, 0.29) is 17.9 Å². The number of carbonyl (C=O) groups is 2. The van der Waals surface area contributed by atoms with E-state index in [1.54, 1.807) is 6.20 Å². The zero-order valence-electron chi connectivity index (χ0n) is 16.0. The number of rotatable bonds is 6. The van der Waals surface area contributed by atoms with Crippen molar-refractivity contribution in [1.82, 2.24) is 14.9 Å². The standard InChI is InChI=1S/C21H22N4O2S/c1-14(16-8-7-9-17(12-16)24-15(2)26)23-20(27)19-13-22-21(28-3)25(19)18-10-5-4-6-11-18/h4-14H,1-3H3,(H,23,27)(H,24,26). The highest BCUT2D eigenvalue weighted by Crippen LogP contribution is 2.23. The summed E-state index contributed by atoms with van der Waals surface area (Å²) >= 11 is 1.48. The summed E-state index contributed by atoms with van der Waals surface area (Å²) in [5, 5.41) is 6.52. The Hall–Kier alpha value is -3.06. The second-order valence-corrected chi connectivity index (χ2v) is 7.08. The number of benzene rings is 2. The fraction of sp³-hybridized carbons (Fsp3) is 0.190. The lowest BCUT2D eigenvalue weighted by Crippen LogP contribution is -2.28. The molecule has 2 N–H and O–H groups in total. The number of amides is 2. The predicted molar refractivity (Wildman–Crippen MR) is 112 cm³/mol. The van der Waals surface area contributed by atoms with Gasteiger partial charge in [-0.2, -0.15) is 0 Å². The zero-order valence-corrected chi connectivity index (χ0v) is 16.8. The van der Waals surface area contributed by atoms with Gasteiger partial charge in [-0.25, -0.2) is 4.98 Å². The fourth-order valence-electron chi connectivity index (χ4n) is 2.91. The van der Waals surface area contributed by atoms with Crippen LogP contribution in [0.5, 0.6) is 0 Å². The molecule has 0 saturated carbocycles. The van der Waals surface area contributed by atoms with Gasteiger partial charge in [0.05, 0.1) is 12.2 Å². The Bertz CT molecular complexity index is 985. The molecule has 0 spiro atoms. The Balaban J connectivity index is 1.84. The first-order chi connectivity index (χ1) is 13.5. The molecule has 0 aliphatic rings. The Morgan fingerprint density at radius 2 is 1.86 bits per heavy atom. The number of aromatic nitrogens is 2. The van der Waals surface area contributed by atoms with Gasteiger partial charge < -0.3 is 10.6 Å². The number of hydrogen-bond acceptors (Lipinski definition) is 4. The number of anilines is 1. The third kappa shape index (κ3) is 4.43. The summed E-state index contributed by atoms with van der Waals surface area (Å²) < 4.78 is 1.85. The Labute approximate surface area is 168 Å². The largest absolute Gasteiger partial charge is 0.344 e. The van der Waals surface area contributed by atoms with Gasteiger partial charge >= 0.3 is 0 Å². The number of nitrogens with zero attached hydrogens (tertiary/aromatic N) is 2. The van der Waals surface area contributed by atoms with Gasteiger partial charge in [-0.05, 0) is 43.0 Å². The summed E-state index contributed by atoms with van der Waals surface area (Å²) in [7, 11) is 0. The minimum atomic E-state index is -0.238. The molecule has 3 aromatic rings. The molecule has 7 heteroatoms. The first-order valence-corrected chi connectivity index (χ1v) is 10.1. The number of carbonyl (C=O) groups excluding carboxylic acids is 2. The smallest absolute Gasteiger partial charge is 0.270 e. The van der Waals surface area contributed by atoms with E-state index >= 15 is 0 Å². The van der Waals surface area contributed by atoms with Crippen molar-refractivity contribution in [1.29, 1.82) is 0 Å². The van der Waals surface area contributed by atoms with Crippen LogP contribution in [0, 0.1) is 0 Å². The molecule has 0 aliphatic carbocycles. The van der Waals surface area contributed by atoms with Crippen LogP contribution < -0.4 is 10.6 Å². The predicted octanol–water partition coefficient (Wildman–Crippen LogP) is 4.04.